The minimum Gasteiger partial charge on any atom is -0.490 e. The normalized spacial score (nSPS) is 18.3. The van der Waals surface area contributed by atoms with Gasteiger partial charge >= 0.3 is 0 Å². The summed E-state index contributed by atoms with van der Waals surface area (Å²) in [6.07, 6.45) is 2.51. The molecule has 4 rings (SSSR count). The van der Waals surface area contributed by atoms with Gasteiger partial charge in [-0.15, -0.1) is 0 Å². The van der Waals surface area contributed by atoms with E-state index in [1.165, 1.54) is 0 Å². The molecule has 2 fully saturated rings. The van der Waals surface area contributed by atoms with E-state index in [-0.39, 0.29) is 29.3 Å². The second-order valence-corrected chi connectivity index (χ2v) is 10.8. The minimum atomic E-state index is -3.81. The molecule has 176 valence electrons. The molecule has 10 heteroatoms. The van der Waals surface area contributed by atoms with Crippen LogP contribution in [0.2, 0.25) is 5.02 Å². The van der Waals surface area contributed by atoms with Crippen molar-refractivity contribution in [3.8, 4) is 5.75 Å². The van der Waals surface area contributed by atoms with Gasteiger partial charge in [0.05, 0.1) is 21.9 Å². The van der Waals surface area contributed by atoms with E-state index in [1.54, 1.807) is 17.0 Å². The fourth-order valence-corrected chi connectivity index (χ4v) is 5.29. The van der Waals surface area contributed by atoms with Gasteiger partial charge in [0.1, 0.15) is 18.2 Å². The molecule has 1 aliphatic heterocycles. The van der Waals surface area contributed by atoms with Crippen LogP contribution in [-0.4, -0.2) is 49.6 Å². The van der Waals surface area contributed by atoms with Gasteiger partial charge in [-0.25, -0.2) is 17.5 Å². The van der Waals surface area contributed by atoms with Crippen LogP contribution in [0.4, 0.5) is 4.39 Å². The number of aryl methyl sites for hydroxylation is 1. The van der Waals surface area contributed by atoms with E-state index < -0.39 is 32.6 Å². The lowest BCUT2D eigenvalue weighted by atomic mass is 10.1. The third-order valence-corrected chi connectivity index (χ3v) is 7.95. The van der Waals surface area contributed by atoms with Crippen LogP contribution in [0.1, 0.15) is 52.0 Å². The molecule has 0 bridgehead atoms. The van der Waals surface area contributed by atoms with Crippen LogP contribution in [-0.2, 0) is 10.0 Å². The van der Waals surface area contributed by atoms with Crippen molar-refractivity contribution in [3.05, 3.63) is 63.9 Å². The first-order valence-electron chi connectivity index (χ1n) is 10.7. The van der Waals surface area contributed by atoms with Crippen LogP contribution in [0.5, 0.6) is 5.75 Å². The Morgan fingerprint density at radius 2 is 1.88 bits per heavy atom. The number of nitrogens with zero attached hydrogens (tertiary/aromatic N) is 1. The second kappa shape index (κ2) is 9.30. The summed E-state index contributed by atoms with van der Waals surface area (Å²) in [5.41, 5.74) is 1.17. The molecule has 1 heterocycles. The number of hydrogen-bond donors (Lipinski definition) is 1. The number of sulfonamides is 1. The predicted molar refractivity (Wildman–Crippen MR) is 122 cm³/mol. The van der Waals surface area contributed by atoms with Gasteiger partial charge in [0.15, 0.2) is 0 Å². The molecule has 1 N–H and O–H groups in total. The molecule has 0 radical (unpaired) electrons. The Morgan fingerprint density at radius 1 is 1.18 bits per heavy atom. The van der Waals surface area contributed by atoms with E-state index in [0.29, 0.717) is 24.9 Å². The molecule has 1 atom stereocenters. The molecule has 2 aromatic carbocycles. The zero-order valence-corrected chi connectivity index (χ0v) is 19.6. The van der Waals surface area contributed by atoms with E-state index in [4.69, 9.17) is 16.3 Å². The SMILES string of the molecule is Cc1ccc(C(=O)N2CCC[C@@H]2COc2cc(F)c(C(=O)NS(=O)(=O)C3CC3)cc2Cl)cc1. The third-order valence-electron chi connectivity index (χ3n) is 5.83. The summed E-state index contributed by atoms with van der Waals surface area (Å²) in [6.45, 7) is 2.65. The summed E-state index contributed by atoms with van der Waals surface area (Å²) in [7, 11) is -3.81. The molecule has 0 aromatic heterocycles. The first kappa shape index (κ1) is 23.5. The standard InChI is InChI=1S/C23H24ClFN2O5S/c1-14-4-6-15(7-5-14)23(29)27-10-2-3-16(27)13-32-21-12-20(25)18(11-19(21)24)22(28)26-33(30,31)17-8-9-17/h4-7,11-12,16-17H,2-3,8-10,13H2,1H3,(H,26,28)/t16-/m1/s1. The third kappa shape index (κ3) is 5.30. The van der Waals surface area contributed by atoms with Crippen molar-refractivity contribution < 1.29 is 27.1 Å². The van der Waals surface area contributed by atoms with Gasteiger partial charge in [0.2, 0.25) is 10.0 Å². The highest BCUT2D eigenvalue weighted by molar-refractivity contribution is 7.91. The van der Waals surface area contributed by atoms with Crippen molar-refractivity contribution in [1.29, 1.82) is 0 Å². The molecular weight excluding hydrogens is 471 g/mol. The highest BCUT2D eigenvalue weighted by atomic mass is 35.5. The zero-order chi connectivity index (χ0) is 23.8. The molecule has 1 aliphatic carbocycles. The van der Waals surface area contributed by atoms with Crippen LogP contribution in [0.25, 0.3) is 0 Å². The number of carbonyl (C=O) groups excluding carboxylic acids is 2. The van der Waals surface area contributed by atoms with Crippen LogP contribution in [0.15, 0.2) is 36.4 Å². The molecule has 1 saturated heterocycles. The maximum absolute atomic E-state index is 14.6. The van der Waals surface area contributed by atoms with Gasteiger partial charge in [-0.2, -0.15) is 0 Å². The molecule has 2 aromatic rings. The number of halogens is 2. The Kier molecular flexibility index (Phi) is 6.63. The Balaban J connectivity index is 1.42. The largest absolute Gasteiger partial charge is 0.490 e. The summed E-state index contributed by atoms with van der Waals surface area (Å²) in [4.78, 5) is 26.9. The quantitative estimate of drug-likeness (QED) is 0.633. The number of rotatable bonds is 7. The molecule has 7 nitrogen and oxygen atoms in total. The summed E-state index contributed by atoms with van der Waals surface area (Å²) in [5, 5.41) is -0.639. The highest BCUT2D eigenvalue weighted by Crippen LogP contribution is 2.31. The fraction of sp³-hybridized carbons (Fsp3) is 0.391. The Labute approximate surface area is 196 Å². The number of nitrogens with one attached hydrogen (secondary N) is 1. The van der Waals surface area contributed by atoms with Crippen LogP contribution < -0.4 is 9.46 Å². The van der Waals surface area contributed by atoms with Gasteiger partial charge < -0.3 is 9.64 Å². The summed E-state index contributed by atoms with van der Waals surface area (Å²) >= 11 is 6.19. The lowest BCUT2D eigenvalue weighted by Gasteiger charge is -2.25. The van der Waals surface area contributed by atoms with Crippen molar-refractivity contribution in [1.82, 2.24) is 9.62 Å². The van der Waals surface area contributed by atoms with Crippen molar-refractivity contribution in [2.24, 2.45) is 0 Å². The number of benzene rings is 2. The molecule has 1 saturated carbocycles. The van der Waals surface area contributed by atoms with Gasteiger partial charge in [-0.1, -0.05) is 29.3 Å². The zero-order valence-electron chi connectivity index (χ0n) is 18.0. The molecule has 2 aliphatic rings. The smallest absolute Gasteiger partial charge is 0.267 e. The van der Waals surface area contributed by atoms with E-state index in [1.807, 2.05) is 23.8 Å². The average molecular weight is 495 g/mol. The van der Waals surface area contributed by atoms with Crippen LogP contribution in [0, 0.1) is 12.7 Å². The Hall–Kier alpha value is -2.65. The molecule has 0 unspecified atom stereocenters. The second-order valence-electron chi connectivity index (χ2n) is 8.41. The average Bonchev–Trinajstić information content (AvgIpc) is 3.53. The van der Waals surface area contributed by atoms with Crippen LogP contribution >= 0.6 is 11.6 Å². The summed E-state index contributed by atoms with van der Waals surface area (Å²) in [6, 6.07) is 9.14. The van der Waals surface area contributed by atoms with Gasteiger partial charge in [-0.3, -0.25) is 9.59 Å². The minimum absolute atomic E-state index is 0.0189. The van der Waals surface area contributed by atoms with E-state index >= 15 is 0 Å². The molecule has 0 spiro atoms. The van der Waals surface area contributed by atoms with Crippen molar-refractivity contribution in [3.63, 3.8) is 0 Å². The lowest BCUT2D eigenvalue weighted by Crippen LogP contribution is -2.39. The summed E-state index contributed by atoms with van der Waals surface area (Å²) < 4.78 is 46.1. The van der Waals surface area contributed by atoms with Crippen LogP contribution in [0.3, 0.4) is 0 Å². The van der Waals surface area contributed by atoms with Gasteiger partial charge in [-0.05, 0) is 50.8 Å². The highest BCUT2D eigenvalue weighted by Gasteiger charge is 2.37. The lowest BCUT2D eigenvalue weighted by molar-refractivity contribution is 0.0691. The van der Waals surface area contributed by atoms with Crippen molar-refractivity contribution in [2.45, 2.75) is 43.9 Å². The predicted octanol–water partition coefficient (Wildman–Crippen LogP) is 3.69. The van der Waals surface area contributed by atoms with Crippen molar-refractivity contribution >= 4 is 33.4 Å². The van der Waals surface area contributed by atoms with Crippen molar-refractivity contribution in [2.75, 3.05) is 13.2 Å². The molecule has 33 heavy (non-hydrogen) atoms. The van der Waals surface area contributed by atoms with Gasteiger partial charge in [0.25, 0.3) is 11.8 Å². The monoisotopic (exact) mass is 494 g/mol. The summed E-state index contributed by atoms with van der Waals surface area (Å²) in [5.74, 6) is -2.09. The number of likely N-dealkylation sites (tertiary alicyclic amines) is 1. The fourth-order valence-electron chi connectivity index (χ4n) is 3.78. The first-order valence-corrected chi connectivity index (χ1v) is 12.6. The molecular formula is C23H24ClFN2O5S. The Bertz CT molecular complexity index is 1180. The maximum Gasteiger partial charge on any atom is 0.267 e. The number of amides is 2. The first-order chi connectivity index (χ1) is 15.7. The topological polar surface area (TPSA) is 92.8 Å². The van der Waals surface area contributed by atoms with E-state index in [9.17, 15) is 22.4 Å². The molecule has 2 amide bonds. The number of ether oxygens (including phenoxy) is 1. The maximum atomic E-state index is 14.6. The van der Waals surface area contributed by atoms with E-state index in [0.717, 1.165) is 30.5 Å². The van der Waals surface area contributed by atoms with Gasteiger partial charge in [0, 0.05) is 18.2 Å². The van der Waals surface area contributed by atoms with E-state index in [2.05, 4.69) is 0 Å². The number of hydrogen-bond acceptors (Lipinski definition) is 5. The number of carbonyl (C=O) groups is 2. The Morgan fingerprint density at radius 3 is 2.55 bits per heavy atom.